The minimum Gasteiger partial charge on any atom is -0.497 e. The van der Waals surface area contributed by atoms with E-state index in [1.807, 2.05) is 24.3 Å². The summed E-state index contributed by atoms with van der Waals surface area (Å²) in [5.41, 5.74) is 2.36. The Hall–Kier alpha value is -3.22. The van der Waals surface area contributed by atoms with Crippen molar-refractivity contribution in [1.82, 2.24) is 4.90 Å². The third-order valence-electron chi connectivity index (χ3n) is 4.18. The fourth-order valence-electron chi connectivity index (χ4n) is 2.61. The molecule has 2 aromatic rings. The Morgan fingerprint density at radius 2 is 1.82 bits per heavy atom. The van der Waals surface area contributed by atoms with Gasteiger partial charge in [0.05, 0.1) is 26.5 Å². The number of hydrogen-bond donors (Lipinski definition) is 2. The number of rotatable bonds is 9. The molecule has 0 saturated heterocycles. The summed E-state index contributed by atoms with van der Waals surface area (Å²) in [6, 6.07) is 12.8. The maximum Gasteiger partial charge on any atom is 0.243 e. The summed E-state index contributed by atoms with van der Waals surface area (Å²) < 4.78 is 10.5. The summed E-state index contributed by atoms with van der Waals surface area (Å²) >= 11 is 0. The highest BCUT2D eigenvalue weighted by atomic mass is 16.5. The number of anilines is 2. The van der Waals surface area contributed by atoms with E-state index in [2.05, 4.69) is 10.6 Å². The monoisotopic (exact) mass is 385 g/mol. The molecule has 2 aromatic carbocycles. The number of benzene rings is 2. The van der Waals surface area contributed by atoms with Gasteiger partial charge in [-0.2, -0.15) is 0 Å². The highest BCUT2D eigenvalue weighted by Crippen LogP contribution is 2.28. The zero-order chi connectivity index (χ0) is 20.5. The van der Waals surface area contributed by atoms with Crippen LogP contribution in [0, 0.1) is 0 Å². The maximum absolute atomic E-state index is 12.3. The van der Waals surface area contributed by atoms with Crippen molar-refractivity contribution in [2.24, 2.45) is 0 Å². The Labute approximate surface area is 165 Å². The van der Waals surface area contributed by atoms with Crippen LogP contribution in [0.25, 0.3) is 0 Å². The second-order valence-electron chi connectivity index (χ2n) is 6.46. The van der Waals surface area contributed by atoms with Gasteiger partial charge in [-0.3, -0.25) is 9.59 Å². The normalized spacial score (nSPS) is 10.1. The van der Waals surface area contributed by atoms with Crippen LogP contribution >= 0.6 is 0 Å². The first-order chi connectivity index (χ1) is 13.4. The Bertz CT molecular complexity index is 821. The number of carbonyl (C=O) groups is 2. The van der Waals surface area contributed by atoms with Crippen molar-refractivity contribution in [3.63, 3.8) is 0 Å². The summed E-state index contributed by atoms with van der Waals surface area (Å²) in [5.74, 6) is 1.18. The van der Waals surface area contributed by atoms with E-state index in [4.69, 9.17) is 9.47 Å². The molecule has 150 valence electrons. The molecule has 0 heterocycles. The molecule has 7 heteroatoms. The lowest BCUT2D eigenvalue weighted by atomic mass is 10.1. The number of amides is 2. The van der Waals surface area contributed by atoms with E-state index in [-0.39, 0.29) is 18.4 Å². The zero-order valence-electron chi connectivity index (χ0n) is 16.7. The zero-order valence-corrected chi connectivity index (χ0v) is 16.7. The van der Waals surface area contributed by atoms with Crippen LogP contribution in [0.2, 0.25) is 0 Å². The summed E-state index contributed by atoms with van der Waals surface area (Å²) in [7, 11) is 6.63. The van der Waals surface area contributed by atoms with Crippen LogP contribution in [0.1, 0.15) is 12.0 Å². The number of ether oxygens (including phenoxy) is 2. The summed E-state index contributed by atoms with van der Waals surface area (Å²) in [6.07, 6.45) is 1.06. The molecular weight excluding hydrogens is 358 g/mol. The Kier molecular flexibility index (Phi) is 7.68. The van der Waals surface area contributed by atoms with Gasteiger partial charge >= 0.3 is 0 Å². The molecule has 28 heavy (non-hydrogen) atoms. The van der Waals surface area contributed by atoms with Gasteiger partial charge in [-0.25, -0.2) is 0 Å². The lowest BCUT2D eigenvalue weighted by molar-refractivity contribution is -0.128. The lowest BCUT2D eigenvalue weighted by Crippen LogP contribution is -2.22. The van der Waals surface area contributed by atoms with Crippen molar-refractivity contribution in [3.8, 4) is 11.5 Å². The molecule has 0 aliphatic heterocycles. The lowest BCUT2D eigenvalue weighted by Gasteiger charge is -2.13. The van der Waals surface area contributed by atoms with Crippen molar-refractivity contribution >= 4 is 23.2 Å². The second kappa shape index (κ2) is 10.2. The molecule has 0 atom stereocenters. The Morgan fingerprint density at radius 1 is 1.04 bits per heavy atom. The van der Waals surface area contributed by atoms with E-state index in [9.17, 15) is 9.59 Å². The predicted molar refractivity (Wildman–Crippen MR) is 110 cm³/mol. The van der Waals surface area contributed by atoms with E-state index < -0.39 is 0 Å². The van der Waals surface area contributed by atoms with Gasteiger partial charge < -0.3 is 25.0 Å². The molecule has 0 fully saturated rings. The second-order valence-corrected chi connectivity index (χ2v) is 6.46. The van der Waals surface area contributed by atoms with Gasteiger partial charge in [-0.05, 0) is 36.2 Å². The van der Waals surface area contributed by atoms with Crippen LogP contribution in [-0.4, -0.2) is 51.6 Å². The average molecular weight is 385 g/mol. The highest BCUT2D eigenvalue weighted by molar-refractivity contribution is 5.94. The van der Waals surface area contributed by atoms with Crippen LogP contribution in [0.5, 0.6) is 11.5 Å². The van der Waals surface area contributed by atoms with Crippen LogP contribution in [0.3, 0.4) is 0 Å². The quantitative estimate of drug-likeness (QED) is 0.694. The number of methoxy groups -OCH3 is 2. The third kappa shape index (κ3) is 6.19. The molecule has 0 aliphatic carbocycles. The minimum absolute atomic E-state index is 0.0749. The third-order valence-corrected chi connectivity index (χ3v) is 4.18. The van der Waals surface area contributed by atoms with Gasteiger partial charge in [0.1, 0.15) is 11.5 Å². The number of carbonyl (C=O) groups excluding carboxylic acids is 2. The molecule has 2 rings (SSSR count). The van der Waals surface area contributed by atoms with Crippen molar-refractivity contribution in [3.05, 3.63) is 48.0 Å². The SMILES string of the molecule is COc1ccc(OC)c(NCC(=O)Nc2cccc(CCC(=O)N(C)C)c2)c1. The van der Waals surface area contributed by atoms with Gasteiger partial charge in [0, 0.05) is 32.3 Å². The van der Waals surface area contributed by atoms with E-state index in [1.54, 1.807) is 51.4 Å². The molecule has 0 aliphatic rings. The smallest absolute Gasteiger partial charge is 0.243 e. The van der Waals surface area contributed by atoms with Crippen molar-refractivity contribution < 1.29 is 19.1 Å². The first-order valence-corrected chi connectivity index (χ1v) is 8.97. The molecule has 0 unspecified atom stereocenters. The standard InChI is InChI=1S/C21H27N3O4/c1-24(2)21(26)11-8-15-6-5-7-16(12-15)23-20(25)14-22-18-13-17(27-3)9-10-19(18)28-4/h5-7,9-10,12-13,22H,8,11,14H2,1-4H3,(H,23,25). The molecule has 7 nitrogen and oxygen atoms in total. The summed E-state index contributed by atoms with van der Waals surface area (Å²) in [4.78, 5) is 25.6. The molecular formula is C21H27N3O4. The molecule has 0 spiro atoms. The molecule has 2 N–H and O–H groups in total. The minimum atomic E-state index is -0.189. The molecule has 0 saturated carbocycles. The van der Waals surface area contributed by atoms with E-state index in [0.717, 1.165) is 5.56 Å². The molecule has 2 amide bonds. The summed E-state index contributed by atoms with van der Waals surface area (Å²) in [5, 5.41) is 5.92. The van der Waals surface area contributed by atoms with Crippen molar-refractivity contribution in [2.75, 3.05) is 45.5 Å². The number of hydrogen-bond acceptors (Lipinski definition) is 5. The van der Waals surface area contributed by atoms with Crippen LogP contribution in [0.15, 0.2) is 42.5 Å². The van der Waals surface area contributed by atoms with Gasteiger partial charge in [0.15, 0.2) is 0 Å². The molecule has 0 aromatic heterocycles. The first-order valence-electron chi connectivity index (χ1n) is 8.97. The van der Waals surface area contributed by atoms with E-state index in [1.165, 1.54) is 0 Å². The van der Waals surface area contributed by atoms with Crippen molar-refractivity contribution in [1.29, 1.82) is 0 Å². The van der Waals surface area contributed by atoms with Crippen LogP contribution in [0.4, 0.5) is 11.4 Å². The predicted octanol–water partition coefficient (Wildman–Crippen LogP) is 2.78. The van der Waals surface area contributed by atoms with Crippen LogP contribution in [-0.2, 0) is 16.0 Å². The average Bonchev–Trinajstić information content (AvgIpc) is 2.70. The Balaban J connectivity index is 1.93. The molecule has 0 bridgehead atoms. The van der Waals surface area contributed by atoms with E-state index >= 15 is 0 Å². The topological polar surface area (TPSA) is 79.9 Å². The Morgan fingerprint density at radius 3 is 2.50 bits per heavy atom. The van der Waals surface area contributed by atoms with Crippen molar-refractivity contribution in [2.45, 2.75) is 12.8 Å². The fourth-order valence-corrected chi connectivity index (χ4v) is 2.61. The largest absolute Gasteiger partial charge is 0.497 e. The van der Waals surface area contributed by atoms with Gasteiger partial charge in [-0.1, -0.05) is 12.1 Å². The molecule has 0 radical (unpaired) electrons. The number of nitrogens with zero attached hydrogens (tertiary/aromatic N) is 1. The van der Waals surface area contributed by atoms with Gasteiger partial charge in [0.2, 0.25) is 11.8 Å². The van der Waals surface area contributed by atoms with Gasteiger partial charge in [0.25, 0.3) is 0 Å². The number of nitrogens with one attached hydrogen (secondary N) is 2. The summed E-state index contributed by atoms with van der Waals surface area (Å²) in [6.45, 7) is 0.0763. The first kappa shape index (κ1) is 21.1. The van der Waals surface area contributed by atoms with Crippen LogP contribution < -0.4 is 20.1 Å². The van der Waals surface area contributed by atoms with E-state index in [0.29, 0.717) is 35.7 Å². The number of aryl methyl sites for hydroxylation is 1. The highest BCUT2D eigenvalue weighted by Gasteiger charge is 2.09. The fraction of sp³-hybridized carbons (Fsp3) is 0.333. The maximum atomic E-state index is 12.3. The van der Waals surface area contributed by atoms with Gasteiger partial charge in [-0.15, -0.1) is 0 Å².